The summed E-state index contributed by atoms with van der Waals surface area (Å²) in [6.45, 7) is 13.3. The van der Waals surface area contributed by atoms with Gasteiger partial charge in [0.15, 0.2) is 0 Å². The van der Waals surface area contributed by atoms with Gasteiger partial charge in [0, 0.05) is 6.04 Å². The Kier molecular flexibility index (Phi) is 8.93. The van der Waals surface area contributed by atoms with E-state index in [0.29, 0.717) is 22.2 Å². The highest BCUT2D eigenvalue weighted by atomic mass is 32.2. The number of methoxy groups -OCH3 is 1. The molecular weight excluding hydrogens is 450 g/mol. The van der Waals surface area contributed by atoms with Gasteiger partial charge in [0.1, 0.15) is 8.07 Å². The summed E-state index contributed by atoms with van der Waals surface area (Å²) >= 11 is 0. The molecule has 0 saturated heterocycles. The van der Waals surface area contributed by atoms with Crippen LogP contribution >= 0.6 is 0 Å². The number of nitrogens with zero attached hydrogens (tertiary/aromatic N) is 1. The van der Waals surface area contributed by atoms with Crippen LogP contribution in [0.3, 0.4) is 0 Å². The van der Waals surface area contributed by atoms with Gasteiger partial charge in [-0.05, 0) is 46.5 Å². The lowest BCUT2D eigenvalue weighted by Crippen LogP contribution is -2.44. The van der Waals surface area contributed by atoms with Gasteiger partial charge >= 0.3 is 5.97 Å². The molecule has 2 rings (SSSR count). The molecule has 2 aromatic rings. The van der Waals surface area contributed by atoms with Crippen molar-refractivity contribution < 1.29 is 17.9 Å². The first-order valence-electron chi connectivity index (χ1n) is 11.2. The summed E-state index contributed by atoms with van der Waals surface area (Å²) in [5.41, 5.74) is 5.82. The SMILES string of the molecule is COC(=O)c1ccc(S(=O)(=O)N(C#C[Si](C(C)C)(C(C)C)C(C)C)Cc2ccccc2)cc1. The number of hydrogen-bond acceptors (Lipinski definition) is 4. The van der Waals surface area contributed by atoms with Crippen molar-refractivity contribution in [2.75, 3.05) is 7.11 Å². The minimum absolute atomic E-state index is 0.0892. The van der Waals surface area contributed by atoms with Crippen molar-refractivity contribution >= 4 is 24.1 Å². The fraction of sp³-hybridized carbons (Fsp3) is 0.423. The van der Waals surface area contributed by atoms with E-state index in [-0.39, 0.29) is 11.4 Å². The molecule has 5 nitrogen and oxygen atoms in total. The van der Waals surface area contributed by atoms with E-state index in [0.717, 1.165) is 5.56 Å². The lowest BCUT2D eigenvalue weighted by Gasteiger charge is -2.38. The molecule has 178 valence electrons. The van der Waals surface area contributed by atoms with Crippen molar-refractivity contribution in [1.29, 1.82) is 0 Å². The number of hydrogen-bond donors (Lipinski definition) is 0. The molecule has 0 aliphatic rings. The van der Waals surface area contributed by atoms with Crippen molar-refractivity contribution in [1.82, 2.24) is 4.31 Å². The second kappa shape index (κ2) is 11.0. The number of ether oxygens (including phenoxy) is 1. The first-order valence-corrected chi connectivity index (χ1v) is 14.9. The predicted octanol–water partition coefficient (Wildman–Crippen LogP) is 5.84. The zero-order valence-corrected chi connectivity index (χ0v) is 22.4. The van der Waals surface area contributed by atoms with Crippen molar-refractivity contribution in [3.8, 4) is 11.6 Å². The molecule has 0 bridgehead atoms. The van der Waals surface area contributed by atoms with Crippen LogP contribution in [0.25, 0.3) is 0 Å². The Labute approximate surface area is 200 Å². The van der Waals surface area contributed by atoms with Crippen LogP contribution in [0.2, 0.25) is 16.6 Å². The van der Waals surface area contributed by atoms with Gasteiger partial charge in [0.2, 0.25) is 0 Å². The zero-order valence-electron chi connectivity index (χ0n) is 20.6. The standard InChI is InChI=1S/C26H35NO4SSi/c1-20(2)33(21(3)4,22(5)6)18-17-27(19-23-11-9-8-10-12-23)32(29,30)25-15-13-24(14-16-25)26(28)31-7/h8-16,20-22H,19H2,1-7H3. The van der Waals surface area contributed by atoms with Crippen LogP contribution in [0.15, 0.2) is 59.5 Å². The van der Waals surface area contributed by atoms with Crippen LogP contribution in [0, 0.1) is 11.6 Å². The molecule has 2 aromatic carbocycles. The summed E-state index contributed by atoms with van der Waals surface area (Å²) in [5.74, 6) is -0.513. The van der Waals surface area contributed by atoms with E-state index in [4.69, 9.17) is 4.74 Å². The average molecular weight is 486 g/mol. The molecule has 0 spiro atoms. The Balaban J connectivity index is 2.60. The normalized spacial score (nSPS) is 11.9. The Bertz CT molecular complexity index is 1080. The lowest BCUT2D eigenvalue weighted by molar-refractivity contribution is 0.0600. The van der Waals surface area contributed by atoms with E-state index >= 15 is 0 Å². The van der Waals surface area contributed by atoms with E-state index < -0.39 is 24.1 Å². The summed E-state index contributed by atoms with van der Waals surface area (Å²) in [6.07, 6.45) is 0. The molecule has 0 radical (unpaired) electrons. The van der Waals surface area contributed by atoms with Gasteiger partial charge in [0.25, 0.3) is 10.0 Å². The molecule has 7 heteroatoms. The summed E-state index contributed by atoms with van der Waals surface area (Å²) in [4.78, 5) is 11.8. The van der Waals surface area contributed by atoms with Crippen molar-refractivity contribution in [2.24, 2.45) is 0 Å². The number of rotatable bonds is 8. The Morgan fingerprint density at radius 2 is 1.42 bits per heavy atom. The van der Waals surface area contributed by atoms with Crippen LogP contribution in [-0.2, 0) is 21.3 Å². The van der Waals surface area contributed by atoms with Crippen molar-refractivity contribution in [3.05, 3.63) is 65.7 Å². The highest BCUT2D eigenvalue weighted by Crippen LogP contribution is 2.40. The molecule has 0 amide bonds. The van der Waals surface area contributed by atoms with E-state index in [1.54, 1.807) is 0 Å². The molecule has 0 aromatic heterocycles. The maximum Gasteiger partial charge on any atom is 0.337 e. The van der Waals surface area contributed by atoms with Gasteiger partial charge in [-0.2, -0.15) is 0 Å². The third-order valence-corrected chi connectivity index (χ3v) is 14.2. The van der Waals surface area contributed by atoms with Gasteiger partial charge in [0.05, 0.1) is 24.1 Å². The van der Waals surface area contributed by atoms with Gasteiger partial charge in [-0.15, -0.1) is 5.54 Å². The zero-order chi connectivity index (χ0) is 24.8. The van der Waals surface area contributed by atoms with Gasteiger partial charge < -0.3 is 4.74 Å². The average Bonchev–Trinajstić information content (AvgIpc) is 2.78. The molecule has 0 unspecified atom stereocenters. The highest BCUT2D eigenvalue weighted by Gasteiger charge is 2.42. The summed E-state index contributed by atoms with van der Waals surface area (Å²) in [7, 11) is -4.77. The molecular formula is C26H35NO4SSi. The summed E-state index contributed by atoms with van der Waals surface area (Å²) < 4.78 is 33.2. The Morgan fingerprint density at radius 3 is 1.88 bits per heavy atom. The van der Waals surface area contributed by atoms with Gasteiger partial charge in [-0.25, -0.2) is 17.5 Å². The van der Waals surface area contributed by atoms with E-state index in [1.165, 1.54) is 35.7 Å². The molecule has 0 aliphatic carbocycles. The molecule has 33 heavy (non-hydrogen) atoms. The maximum atomic E-state index is 13.6. The molecule has 0 N–H and O–H groups in total. The largest absolute Gasteiger partial charge is 0.465 e. The first kappa shape index (κ1) is 26.7. The molecule has 0 atom stereocenters. The van der Waals surface area contributed by atoms with Crippen molar-refractivity contribution in [2.45, 2.75) is 69.6 Å². The predicted molar refractivity (Wildman–Crippen MR) is 136 cm³/mol. The molecule has 0 fully saturated rings. The van der Waals surface area contributed by atoms with Crippen molar-refractivity contribution in [3.63, 3.8) is 0 Å². The van der Waals surface area contributed by atoms with Crippen LogP contribution < -0.4 is 0 Å². The number of carbonyl (C=O) groups is 1. The quantitative estimate of drug-likeness (QED) is 0.204. The van der Waals surface area contributed by atoms with Crippen LogP contribution in [-0.4, -0.2) is 33.9 Å². The molecule has 0 saturated carbocycles. The van der Waals surface area contributed by atoms with E-state index in [1.807, 2.05) is 30.3 Å². The minimum Gasteiger partial charge on any atom is -0.465 e. The third-order valence-electron chi connectivity index (χ3n) is 6.30. The van der Waals surface area contributed by atoms with Gasteiger partial charge in [-0.3, -0.25) is 0 Å². The Morgan fingerprint density at radius 1 is 0.909 bits per heavy atom. The molecule has 0 heterocycles. The Hall–Kier alpha value is -2.56. The van der Waals surface area contributed by atoms with Crippen LogP contribution in [0.5, 0.6) is 0 Å². The number of esters is 1. The van der Waals surface area contributed by atoms with Crippen LogP contribution in [0.4, 0.5) is 0 Å². The second-order valence-corrected chi connectivity index (χ2v) is 16.6. The van der Waals surface area contributed by atoms with E-state index in [9.17, 15) is 13.2 Å². The fourth-order valence-electron chi connectivity index (χ4n) is 4.53. The molecule has 0 aliphatic heterocycles. The smallest absolute Gasteiger partial charge is 0.337 e. The highest BCUT2D eigenvalue weighted by molar-refractivity contribution is 7.89. The summed E-state index contributed by atoms with van der Waals surface area (Å²) in [5, 5.41) is 0. The van der Waals surface area contributed by atoms with E-state index in [2.05, 4.69) is 53.1 Å². The maximum absolute atomic E-state index is 13.6. The lowest BCUT2D eigenvalue weighted by atomic mass is 10.2. The summed E-state index contributed by atoms with van der Waals surface area (Å²) in [6, 6.07) is 18.3. The number of benzene rings is 2. The topological polar surface area (TPSA) is 63.7 Å². The minimum atomic E-state index is -3.92. The van der Waals surface area contributed by atoms with Crippen LogP contribution in [0.1, 0.15) is 57.5 Å². The van der Waals surface area contributed by atoms with Gasteiger partial charge in [-0.1, -0.05) is 71.9 Å². The first-order chi connectivity index (χ1) is 15.5. The number of sulfonamides is 1. The fourth-order valence-corrected chi connectivity index (χ4v) is 11.0. The second-order valence-electron chi connectivity index (χ2n) is 9.15. The third kappa shape index (κ3) is 5.87. The number of carbonyl (C=O) groups excluding carboxylic acids is 1. The monoisotopic (exact) mass is 485 g/mol.